The zero-order valence-corrected chi connectivity index (χ0v) is 24.3. The summed E-state index contributed by atoms with van der Waals surface area (Å²) in [4.78, 5) is 42.6. The molecule has 0 saturated heterocycles. The Hall–Kier alpha value is -4.48. The number of aromatic hydroxyl groups is 1. The number of Topliss-reactive ketones (excluding diaryl/α,β-unsaturated/α-hetero) is 1. The summed E-state index contributed by atoms with van der Waals surface area (Å²) < 4.78 is 12.7. The molecule has 0 bridgehead atoms. The van der Waals surface area contributed by atoms with Crippen molar-refractivity contribution in [3.05, 3.63) is 88.5 Å². The van der Waals surface area contributed by atoms with Crippen LogP contribution in [0.15, 0.2) is 55.1 Å². The van der Waals surface area contributed by atoms with Gasteiger partial charge in [0.25, 0.3) is 5.79 Å². The molecule has 0 saturated carbocycles. The van der Waals surface area contributed by atoms with Gasteiger partial charge in [-0.25, -0.2) is 4.79 Å². The second kappa shape index (κ2) is 13.2. The first kappa shape index (κ1) is 31.1. The molecule has 4 rings (SSSR count). The molecule has 1 unspecified atom stereocenters. The van der Waals surface area contributed by atoms with Crippen LogP contribution in [0.5, 0.6) is 11.5 Å². The highest BCUT2D eigenvalue weighted by molar-refractivity contribution is 6.01. The van der Waals surface area contributed by atoms with Crippen molar-refractivity contribution in [2.24, 2.45) is 0 Å². The van der Waals surface area contributed by atoms with Gasteiger partial charge in [0, 0.05) is 5.56 Å². The minimum absolute atomic E-state index is 0.0127. The lowest BCUT2D eigenvalue weighted by Crippen LogP contribution is -2.44. The third-order valence-electron chi connectivity index (χ3n) is 7.00. The van der Waals surface area contributed by atoms with E-state index in [1.807, 2.05) is 63.2 Å². The van der Waals surface area contributed by atoms with Gasteiger partial charge in [0.15, 0.2) is 5.75 Å². The van der Waals surface area contributed by atoms with Crippen LogP contribution in [0.3, 0.4) is 0 Å². The fourth-order valence-electron chi connectivity index (χ4n) is 5.10. The Morgan fingerprint density at radius 2 is 1.59 bits per heavy atom. The first-order valence-corrected chi connectivity index (χ1v) is 13.6. The van der Waals surface area contributed by atoms with Crippen molar-refractivity contribution in [3.63, 3.8) is 0 Å². The molecule has 7 heteroatoms. The number of phenols is 1. The summed E-state index contributed by atoms with van der Waals surface area (Å²) in [6.07, 6.45) is 3.54. The van der Waals surface area contributed by atoms with Crippen LogP contribution in [0.2, 0.25) is 0 Å². The number of carbonyl (C=O) groups excluding carboxylic acids is 4. The molecule has 3 aromatic rings. The molecule has 1 aliphatic heterocycles. The Kier molecular flexibility index (Phi) is 10.0. The zero-order valence-electron chi connectivity index (χ0n) is 24.3. The van der Waals surface area contributed by atoms with Crippen molar-refractivity contribution in [2.45, 2.75) is 72.5 Å². The summed E-state index contributed by atoms with van der Waals surface area (Å²) in [5.74, 6) is -2.16. The van der Waals surface area contributed by atoms with Gasteiger partial charge in [-0.15, -0.1) is 0 Å². The highest BCUT2D eigenvalue weighted by Gasteiger charge is 2.47. The molecule has 214 valence electrons. The van der Waals surface area contributed by atoms with Gasteiger partial charge < -0.3 is 14.6 Å². The first-order chi connectivity index (χ1) is 19.5. The van der Waals surface area contributed by atoms with Gasteiger partial charge >= 0.3 is 12.1 Å². The van der Waals surface area contributed by atoms with Crippen LogP contribution >= 0.6 is 0 Å². The summed E-state index contributed by atoms with van der Waals surface area (Å²) in [6.45, 7) is 13.5. The topological polar surface area (TPSA) is 107 Å². The predicted molar refractivity (Wildman–Crippen MR) is 155 cm³/mol. The van der Waals surface area contributed by atoms with Crippen LogP contribution in [0, 0.1) is 13.8 Å². The van der Waals surface area contributed by atoms with E-state index >= 15 is 0 Å². The maximum Gasteiger partial charge on any atom is 0.373 e. The Labute approximate surface area is 240 Å². The number of ether oxygens (including phenoxy) is 2. The minimum Gasteiger partial charge on any atom is -0.507 e. The van der Waals surface area contributed by atoms with E-state index in [0.29, 0.717) is 34.2 Å². The van der Waals surface area contributed by atoms with Gasteiger partial charge in [0.05, 0.1) is 12.0 Å². The quantitative estimate of drug-likeness (QED) is 0.219. The molecule has 1 heterocycles. The number of fused-ring (bicyclic) bond motifs is 1. The second-order valence-corrected chi connectivity index (χ2v) is 10.5. The number of ketones is 1. The van der Waals surface area contributed by atoms with E-state index < -0.39 is 11.8 Å². The fraction of sp³-hybridized carbons (Fsp3) is 0.324. The molecule has 0 aliphatic carbocycles. The molecule has 1 aliphatic rings. The van der Waals surface area contributed by atoms with E-state index in [2.05, 4.69) is 13.5 Å². The lowest BCUT2D eigenvalue weighted by molar-refractivity contribution is -0.191. The molecule has 0 aromatic heterocycles. The van der Waals surface area contributed by atoms with Crippen molar-refractivity contribution in [1.82, 2.24) is 0 Å². The lowest BCUT2D eigenvalue weighted by Gasteiger charge is -2.39. The summed E-state index contributed by atoms with van der Waals surface area (Å²) in [5, 5.41) is 11.5. The largest absolute Gasteiger partial charge is 0.507 e. The molecule has 3 aromatic carbocycles. The number of rotatable bonds is 9. The van der Waals surface area contributed by atoms with Crippen LogP contribution < -0.4 is 4.74 Å². The Balaban J connectivity index is 0.00000147. The van der Waals surface area contributed by atoms with Crippen LogP contribution in [0.1, 0.15) is 84.6 Å². The number of hydrogen-bond donors (Lipinski definition) is 1. The molecule has 0 spiro atoms. The van der Waals surface area contributed by atoms with Gasteiger partial charge in [-0.2, -0.15) is 9.59 Å². The van der Waals surface area contributed by atoms with Gasteiger partial charge in [-0.3, -0.25) is 4.79 Å². The fourth-order valence-corrected chi connectivity index (χ4v) is 5.10. The van der Waals surface area contributed by atoms with E-state index in [4.69, 9.17) is 19.1 Å². The van der Waals surface area contributed by atoms with E-state index in [-0.39, 0.29) is 29.9 Å². The van der Waals surface area contributed by atoms with E-state index in [0.717, 1.165) is 41.5 Å². The first-order valence-electron chi connectivity index (χ1n) is 13.6. The number of allylic oxidation sites excluding steroid dienone is 1. The normalized spacial score (nSPS) is 15.4. The molecule has 41 heavy (non-hydrogen) atoms. The van der Waals surface area contributed by atoms with E-state index in [9.17, 15) is 14.7 Å². The summed E-state index contributed by atoms with van der Waals surface area (Å²) in [6, 6.07) is 15.0. The molecule has 0 fully saturated rings. The number of benzene rings is 3. The van der Waals surface area contributed by atoms with Crippen LogP contribution in [-0.4, -0.2) is 23.0 Å². The Morgan fingerprint density at radius 1 is 0.951 bits per heavy atom. The summed E-state index contributed by atoms with van der Waals surface area (Å²) in [5.41, 5.74) is 6.30. The summed E-state index contributed by atoms with van der Waals surface area (Å²) in [7, 11) is 0. The molecule has 0 amide bonds. The maximum absolute atomic E-state index is 13.8. The lowest BCUT2D eigenvalue weighted by atomic mass is 9.87. The second-order valence-electron chi connectivity index (χ2n) is 10.5. The smallest absolute Gasteiger partial charge is 0.373 e. The Bertz CT molecular complexity index is 1490. The third kappa shape index (κ3) is 6.82. The SMILES string of the molecule is C=C(C)c1ccc(C)cc1-c1c(O)cc(CCCCC)c2c1OC(CC(C)=O)(c1ccc(C)cc1)OC2=O.O=C=O. The number of aryl methyl sites for hydroxylation is 3. The predicted octanol–water partition coefficient (Wildman–Crippen LogP) is 7.24. The number of carbonyl (C=O) groups is 2. The average molecular weight is 557 g/mol. The number of esters is 1. The number of phenolic OH excluding ortho intramolecular Hbond substituents is 1. The molecule has 7 nitrogen and oxygen atoms in total. The van der Waals surface area contributed by atoms with Crippen molar-refractivity contribution in [3.8, 4) is 22.6 Å². The maximum atomic E-state index is 13.8. The van der Waals surface area contributed by atoms with Crippen LogP contribution in [0.25, 0.3) is 16.7 Å². The zero-order chi connectivity index (χ0) is 30.3. The van der Waals surface area contributed by atoms with Gasteiger partial charge in [0.1, 0.15) is 17.1 Å². The molecule has 1 atom stereocenters. The molecule has 1 N–H and O–H groups in total. The number of hydrogen-bond acceptors (Lipinski definition) is 7. The van der Waals surface area contributed by atoms with Gasteiger partial charge in [-0.05, 0) is 63.3 Å². The third-order valence-corrected chi connectivity index (χ3v) is 7.00. The van der Waals surface area contributed by atoms with Gasteiger partial charge in [0.2, 0.25) is 0 Å². The van der Waals surface area contributed by atoms with Gasteiger partial charge in [-0.1, -0.05) is 85.5 Å². The van der Waals surface area contributed by atoms with Crippen molar-refractivity contribution >= 4 is 23.5 Å². The monoisotopic (exact) mass is 556 g/mol. The molecular formula is C34H36O7. The highest BCUT2D eigenvalue weighted by atomic mass is 16.7. The number of unbranched alkanes of at least 4 members (excludes halogenated alkanes) is 2. The molecular weight excluding hydrogens is 520 g/mol. The van der Waals surface area contributed by atoms with E-state index in [1.54, 1.807) is 6.07 Å². The highest BCUT2D eigenvalue weighted by Crippen LogP contribution is 2.51. The average Bonchev–Trinajstić information content (AvgIpc) is 2.88. The molecule has 0 radical (unpaired) electrons. The van der Waals surface area contributed by atoms with Crippen molar-refractivity contribution in [1.29, 1.82) is 0 Å². The Morgan fingerprint density at radius 3 is 2.17 bits per heavy atom. The van der Waals surface area contributed by atoms with Crippen molar-refractivity contribution < 1.29 is 33.8 Å². The number of cyclic esters (lactones) is 1. The summed E-state index contributed by atoms with van der Waals surface area (Å²) >= 11 is 0. The van der Waals surface area contributed by atoms with Crippen LogP contribution in [0.4, 0.5) is 0 Å². The van der Waals surface area contributed by atoms with Crippen molar-refractivity contribution in [2.75, 3.05) is 0 Å². The minimum atomic E-state index is -1.65. The van der Waals surface area contributed by atoms with Crippen LogP contribution in [-0.2, 0) is 31.3 Å². The van der Waals surface area contributed by atoms with E-state index in [1.165, 1.54) is 6.92 Å². The standard InChI is InChI=1S/C33H36O5.CO2/c1-7-8-9-10-24-18-28(35)30(27-17-22(5)13-16-26(27)20(2)3)31-29(24)32(36)38-33(37-31,19-23(6)34)25-14-11-21(4)12-15-25;2-1-3/h11-18,35H,2,7-10,19H2,1,3-6H3;.